The van der Waals surface area contributed by atoms with Crippen molar-refractivity contribution in [2.45, 2.75) is 19.6 Å². The molecule has 2 nitrogen and oxygen atoms in total. The second-order valence-corrected chi connectivity index (χ2v) is 5.63. The Morgan fingerprint density at radius 2 is 1.55 bits per heavy atom. The number of ether oxygens (including phenoxy) is 1. The van der Waals surface area contributed by atoms with Gasteiger partial charge in [0.2, 0.25) is 0 Å². The third-order valence-corrected chi connectivity index (χ3v) is 3.85. The fraction of sp³-hybridized carbons (Fsp3) is 0.294. The molecule has 0 amide bonds. The summed E-state index contributed by atoms with van der Waals surface area (Å²) in [6, 6.07) is 16.1. The lowest BCUT2D eigenvalue weighted by Crippen LogP contribution is -2.36. The molecule has 0 radical (unpaired) electrons. The second-order valence-electron chi connectivity index (χ2n) is 5.19. The molecule has 0 aromatic heterocycles. The minimum atomic E-state index is 0.572. The minimum absolute atomic E-state index is 0.572. The lowest BCUT2D eigenvalue weighted by Gasteiger charge is -2.30. The highest BCUT2D eigenvalue weighted by Gasteiger charge is 2.13. The van der Waals surface area contributed by atoms with Crippen LogP contribution in [0.15, 0.2) is 48.5 Å². The van der Waals surface area contributed by atoms with E-state index in [1.807, 2.05) is 36.4 Å². The number of likely N-dealkylation sites (tertiary alicyclic amines) is 1. The van der Waals surface area contributed by atoms with Crippen LogP contribution in [0.2, 0.25) is 5.02 Å². The van der Waals surface area contributed by atoms with Gasteiger partial charge in [0, 0.05) is 11.6 Å². The van der Waals surface area contributed by atoms with Gasteiger partial charge in [-0.3, -0.25) is 4.90 Å². The van der Waals surface area contributed by atoms with Gasteiger partial charge in [-0.05, 0) is 54.9 Å². The van der Waals surface area contributed by atoms with Gasteiger partial charge in [0.1, 0.15) is 12.4 Å². The van der Waals surface area contributed by atoms with E-state index in [1.165, 1.54) is 25.1 Å². The molecule has 3 heteroatoms. The van der Waals surface area contributed by atoms with Crippen LogP contribution in [0, 0.1) is 0 Å². The molecule has 0 aliphatic carbocycles. The number of hydrogen-bond acceptors (Lipinski definition) is 2. The normalized spacial score (nSPS) is 14.8. The zero-order valence-corrected chi connectivity index (χ0v) is 12.1. The van der Waals surface area contributed by atoms with Crippen molar-refractivity contribution in [1.29, 1.82) is 0 Å². The molecule has 1 aliphatic heterocycles. The van der Waals surface area contributed by atoms with Crippen LogP contribution in [0.5, 0.6) is 5.75 Å². The zero-order valence-electron chi connectivity index (χ0n) is 11.4. The zero-order chi connectivity index (χ0) is 13.8. The maximum Gasteiger partial charge on any atom is 0.119 e. The third kappa shape index (κ3) is 3.53. The van der Waals surface area contributed by atoms with Crippen molar-refractivity contribution in [2.24, 2.45) is 0 Å². The molecule has 1 fully saturated rings. The van der Waals surface area contributed by atoms with Crippen molar-refractivity contribution in [3.05, 3.63) is 64.7 Å². The Morgan fingerprint density at radius 3 is 2.15 bits per heavy atom. The van der Waals surface area contributed by atoms with E-state index in [4.69, 9.17) is 16.3 Å². The summed E-state index contributed by atoms with van der Waals surface area (Å²) in [5.74, 6) is 0.910. The lowest BCUT2D eigenvalue weighted by atomic mass is 10.1. The molecule has 0 N–H and O–H groups in total. The largest absolute Gasteiger partial charge is 0.489 e. The summed E-state index contributed by atoms with van der Waals surface area (Å²) in [6.45, 7) is 4.09. The van der Waals surface area contributed by atoms with Crippen LogP contribution in [0.1, 0.15) is 17.5 Å². The third-order valence-electron chi connectivity index (χ3n) is 3.60. The monoisotopic (exact) mass is 287 g/mol. The van der Waals surface area contributed by atoms with E-state index in [0.29, 0.717) is 6.61 Å². The molecule has 3 rings (SSSR count). The lowest BCUT2D eigenvalue weighted by molar-refractivity contribution is 0.172. The average molecular weight is 288 g/mol. The van der Waals surface area contributed by atoms with Crippen molar-refractivity contribution in [3.63, 3.8) is 0 Å². The van der Waals surface area contributed by atoms with Gasteiger partial charge in [-0.25, -0.2) is 0 Å². The predicted molar refractivity (Wildman–Crippen MR) is 82.1 cm³/mol. The first-order valence-corrected chi connectivity index (χ1v) is 7.36. The van der Waals surface area contributed by atoms with Gasteiger partial charge in [0.05, 0.1) is 0 Å². The van der Waals surface area contributed by atoms with E-state index in [1.54, 1.807) is 0 Å². The summed E-state index contributed by atoms with van der Waals surface area (Å²) in [6.07, 6.45) is 1.34. The second kappa shape index (κ2) is 6.29. The summed E-state index contributed by atoms with van der Waals surface area (Å²) in [4.78, 5) is 2.45. The summed E-state index contributed by atoms with van der Waals surface area (Å²) in [5.41, 5.74) is 2.47. The van der Waals surface area contributed by atoms with Crippen LogP contribution in [0.25, 0.3) is 0 Å². The highest BCUT2D eigenvalue weighted by molar-refractivity contribution is 6.30. The van der Waals surface area contributed by atoms with Gasteiger partial charge >= 0.3 is 0 Å². The molecular formula is C17H18ClNO. The Kier molecular flexibility index (Phi) is 4.24. The molecule has 20 heavy (non-hydrogen) atoms. The Balaban J connectivity index is 1.53. The van der Waals surface area contributed by atoms with E-state index in [2.05, 4.69) is 17.0 Å². The Labute approximate surface area is 124 Å². The van der Waals surface area contributed by atoms with Crippen LogP contribution >= 0.6 is 11.6 Å². The Morgan fingerprint density at radius 1 is 0.900 bits per heavy atom. The predicted octanol–water partition coefficient (Wildman–Crippen LogP) is 4.12. The first-order chi connectivity index (χ1) is 9.79. The molecule has 1 saturated heterocycles. The maximum absolute atomic E-state index is 5.86. The topological polar surface area (TPSA) is 12.5 Å². The van der Waals surface area contributed by atoms with Crippen LogP contribution in [-0.2, 0) is 13.2 Å². The fourth-order valence-corrected chi connectivity index (χ4v) is 2.36. The van der Waals surface area contributed by atoms with E-state index >= 15 is 0 Å². The number of rotatable bonds is 5. The molecular weight excluding hydrogens is 270 g/mol. The fourth-order valence-electron chi connectivity index (χ4n) is 2.24. The van der Waals surface area contributed by atoms with Crippen molar-refractivity contribution in [3.8, 4) is 5.75 Å². The SMILES string of the molecule is Clc1ccc(COc2ccc(CN3CCC3)cc2)cc1. The Bertz CT molecular complexity index is 546. The first kappa shape index (κ1) is 13.5. The molecule has 0 unspecified atom stereocenters. The maximum atomic E-state index is 5.86. The standard InChI is InChI=1S/C17H18ClNO/c18-16-6-2-15(3-7-16)13-20-17-8-4-14(5-9-17)12-19-10-1-11-19/h2-9H,1,10-13H2. The number of nitrogens with zero attached hydrogens (tertiary/aromatic N) is 1. The van der Waals surface area contributed by atoms with Gasteiger partial charge in [-0.15, -0.1) is 0 Å². The molecule has 0 saturated carbocycles. The van der Waals surface area contributed by atoms with Crippen LogP contribution < -0.4 is 4.74 Å². The summed E-state index contributed by atoms with van der Waals surface area (Å²) < 4.78 is 5.78. The van der Waals surface area contributed by atoms with Gasteiger partial charge in [0.15, 0.2) is 0 Å². The Hall–Kier alpha value is -1.51. The highest BCUT2D eigenvalue weighted by Crippen LogP contribution is 2.18. The first-order valence-electron chi connectivity index (χ1n) is 6.98. The van der Waals surface area contributed by atoms with Crippen molar-refractivity contribution >= 4 is 11.6 Å². The van der Waals surface area contributed by atoms with Crippen molar-refractivity contribution < 1.29 is 4.74 Å². The van der Waals surface area contributed by atoms with Crippen molar-refractivity contribution in [1.82, 2.24) is 4.90 Å². The average Bonchev–Trinajstić information content (AvgIpc) is 2.44. The van der Waals surface area contributed by atoms with Gasteiger partial charge in [0.25, 0.3) is 0 Å². The van der Waals surface area contributed by atoms with Crippen LogP contribution in [0.4, 0.5) is 0 Å². The minimum Gasteiger partial charge on any atom is -0.489 e. The van der Waals surface area contributed by atoms with Crippen LogP contribution in [0.3, 0.4) is 0 Å². The van der Waals surface area contributed by atoms with Gasteiger partial charge in [-0.2, -0.15) is 0 Å². The van der Waals surface area contributed by atoms with E-state index in [0.717, 1.165) is 22.9 Å². The smallest absolute Gasteiger partial charge is 0.119 e. The number of hydrogen-bond donors (Lipinski definition) is 0. The quantitative estimate of drug-likeness (QED) is 0.820. The summed E-state index contributed by atoms with van der Waals surface area (Å²) in [5, 5.41) is 0.754. The molecule has 2 aromatic rings. The molecule has 104 valence electrons. The van der Waals surface area contributed by atoms with E-state index in [9.17, 15) is 0 Å². The molecule has 0 bridgehead atoms. The summed E-state index contributed by atoms with van der Waals surface area (Å²) in [7, 11) is 0. The molecule has 1 aliphatic rings. The van der Waals surface area contributed by atoms with Gasteiger partial charge in [-0.1, -0.05) is 35.9 Å². The van der Waals surface area contributed by atoms with Crippen LogP contribution in [-0.4, -0.2) is 18.0 Å². The van der Waals surface area contributed by atoms with E-state index in [-0.39, 0.29) is 0 Å². The molecule has 2 aromatic carbocycles. The van der Waals surface area contributed by atoms with Crippen molar-refractivity contribution in [2.75, 3.05) is 13.1 Å². The number of halogens is 1. The van der Waals surface area contributed by atoms with Gasteiger partial charge < -0.3 is 4.74 Å². The summed E-state index contributed by atoms with van der Waals surface area (Å²) >= 11 is 5.86. The van der Waals surface area contributed by atoms with E-state index < -0.39 is 0 Å². The molecule has 1 heterocycles. The number of benzene rings is 2. The molecule has 0 spiro atoms. The molecule has 0 atom stereocenters. The highest BCUT2D eigenvalue weighted by atomic mass is 35.5.